The minimum absolute atomic E-state index is 0.279. The minimum Gasteiger partial charge on any atom is -0.339 e. The van der Waals surface area contributed by atoms with Crippen LogP contribution in [0.4, 0.5) is 0 Å². The number of likely N-dealkylation sites (tertiary alicyclic amines) is 1. The molecule has 4 aliphatic rings. The zero-order valence-corrected chi connectivity index (χ0v) is 21.2. The van der Waals surface area contributed by atoms with Gasteiger partial charge >= 0.3 is 0 Å². The van der Waals surface area contributed by atoms with E-state index in [1.807, 2.05) is 20.8 Å². The Morgan fingerprint density at radius 3 is 2.35 bits per heavy atom. The van der Waals surface area contributed by atoms with Gasteiger partial charge in [0.1, 0.15) is 11.6 Å². The van der Waals surface area contributed by atoms with Crippen LogP contribution in [0, 0.1) is 17.3 Å². The van der Waals surface area contributed by atoms with Crippen LogP contribution in [0.2, 0.25) is 0 Å². The Balaban J connectivity index is 1.46. The lowest BCUT2D eigenvalue weighted by molar-refractivity contribution is -0.142. The molecule has 4 atom stereocenters. The zero-order valence-electron chi connectivity index (χ0n) is 20.4. The SMILES string of the molecule is C=C[C@@H]1C[C@]1(NC(=O)[C@@H]1CCCN1C(=O)C(N)C(C)(C)C)C(=O)NS(=O)(=O)C1(CC2CC2)CC1. The maximum Gasteiger partial charge on any atom is 0.259 e. The molecule has 10 heteroatoms. The lowest BCUT2D eigenvalue weighted by Gasteiger charge is -2.33. The summed E-state index contributed by atoms with van der Waals surface area (Å²) in [5, 5.41) is 2.80. The normalized spacial score (nSPS) is 30.9. The summed E-state index contributed by atoms with van der Waals surface area (Å²) in [5.74, 6) is -1.40. The van der Waals surface area contributed by atoms with E-state index in [9.17, 15) is 22.8 Å². The summed E-state index contributed by atoms with van der Waals surface area (Å²) in [6.07, 6.45) is 6.76. The molecule has 0 aromatic heterocycles. The molecule has 190 valence electrons. The van der Waals surface area contributed by atoms with Gasteiger partial charge in [0, 0.05) is 12.5 Å². The van der Waals surface area contributed by atoms with Crippen molar-refractivity contribution in [3.05, 3.63) is 12.7 Å². The highest BCUT2D eigenvalue weighted by Gasteiger charge is 2.63. The van der Waals surface area contributed by atoms with E-state index in [0.29, 0.717) is 44.6 Å². The highest BCUT2D eigenvalue weighted by molar-refractivity contribution is 7.91. The van der Waals surface area contributed by atoms with Crippen LogP contribution in [0.1, 0.15) is 72.1 Å². The van der Waals surface area contributed by atoms with E-state index in [1.54, 1.807) is 6.08 Å². The van der Waals surface area contributed by atoms with Crippen LogP contribution in [-0.2, 0) is 24.4 Å². The van der Waals surface area contributed by atoms with Crippen molar-refractivity contribution in [2.24, 2.45) is 23.0 Å². The number of hydrogen-bond acceptors (Lipinski definition) is 6. The van der Waals surface area contributed by atoms with Gasteiger partial charge in [0.05, 0.1) is 10.8 Å². The van der Waals surface area contributed by atoms with Crippen molar-refractivity contribution >= 4 is 27.7 Å². The average Bonchev–Trinajstić information content (AvgIpc) is 3.69. The summed E-state index contributed by atoms with van der Waals surface area (Å²) in [4.78, 5) is 41.0. The van der Waals surface area contributed by atoms with Crippen molar-refractivity contribution < 1.29 is 22.8 Å². The number of nitrogens with two attached hydrogens (primary N) is 1. The Bertz CT molecular complexity index is 995. The van der Waals surface area contributed by atoms with Gasteiger partial charge in [0.2, 0.25) is 21.8 Å². The van der Waals surface area contributed by atoms with Crippen molar-refractivity contribution in [1.82, 2.24) is 14.9 Å². The Kier molecular flexibility index (Phi) is 6.16. The standard InChI is InChI=1S/C24H38N4O5S/c1-5-16-14-24(16,21(31)27-34(32,33)23(10-11-23)13-15-8-9-15)26-19(29)17-7-6-12-28(17)20(30)18(25)22(2,3)4/h5,15-18H,1,6-14,25H2,2-4H3,(H,26,29)(H,27,31)/t16-,17+,18?,24-/m1/s1. The van der Waals surface area contributed by atoms with E-state index in [0.717, 1.165) is 12.8 Å². The summed E-state index contributed by atoms with van der Waals surface area (Å²) in [6, 6.07) is -1.50. The Hall–Kier alpha value is -1.94. The van der Waals surface area contributed by atoms with Gasteiger partial charge in [-0.25, -0.2) is 8.42 Å². The van der Waals surface area contributed by atoms with Gasteiger partial charge in [-0.15, -0.1) is 6.58 Å². The molecule has 9 nitrogen and oxygen atoms in total. The van der Waals surface area contributed by atoms with Crippen LogP contribution in [0.3, 0.4) is 0 Å². The number of hydrogen-bond donors (Lipinski definition) is 3. The first kappa shape index (κ1) is 25.2. The van der Waals surface area contributed by atoms with E-state index >= 15 is 0 Å². The molecule has 34 heavy (non-hydrogen) atoms. The predicted molar refractivity (Wildman–Crippen MR) is 128 cm³/mol. The van der Waals surface area contributed by atoms with Gasteiger partial charge < -0.3 is 16.0 Å². The zero-order chi connectivity index (χ0) is 25.1. The van der Waals surface area contributed by atoms with Crippen molar-refractivity contribution in [3.63, 3.8) is 0 Å². The van der Waals surface area contributed by atoms with Crippen molar-refractivity contribution in [3.8, 4) is 0 Å². The molecule has 0 bridgehead atoms. The Morgan fingerprint density at radius 1 is 1.21 bits per heavy atom. The van der Waals surface area contributed by atoms with Crippen LogP contribution in [0.25, 0.3) is 0 Å². The first-order valence-corrected chi connectivity index (χ1v) is 13.8. The van der Waals surface area contributed by atoms with Crippen molar-refractivity contribution in [1.29, 1.82) is 0 Å². The second kappa shape index (κ2) is 8.33. The monoisotopic (exact) mass is 494 g/mol. The third kappa shape index (κ3) is 4.51. The molecule has 3 amide bonds. The van der Waals surface area contributed by atoms with Gasteiger partial charge in [0.15, 0.2) is 0 Å². The molecule has 1 saturated heterocycles. The van der Waals surface area contributed by atoms with Crippen LogP contribution in [-0.4, -0.2) is 60.0 Å². The molecule has 1 unspecified atom stereocenters. The molecular formula is C24H38N4O5S. The Labute approximate surface area is 202 Å². The number of sulfonamides is 1. The maximum atomic E-state index is 13.3. The summed E-state index contributed by atoms with van der Waals surface area (Å²) in [5.41, 5.74) is 4.34. The van der Waals surface area contributed by atoms with Gasteiger partial charge in [-0.1, -0.05) is 39.7 Å². The van der Waals surface area contributed by atoms with Crippen LogP contribution in [0.5, 0.6) is 0 Å². The second-order valence-electron chi connectivity index (χ2n) is 11.8. The number of nitrogens with zero attached hydrogens (tertiary/aromatic N) is 1. The Morgan fingerprint density at radius 2 is 1.85 bits per heavy atom. The van der Waals surface area contributed by atoms with E-state index in [1.165, 1.54) is 4.90 Å². The second-order valence-corrected chi connectivity index (χ2v) is 13.9. The first-order valence-electron chi connectivity index (χ1n) is 12.3. The highest BCUT2D eigenvalue weighted by Crippen LogP contribution is 2.53. The number of rotatable bonds is 9. The van der Waals surface area contributed by atoms with Gasteiger partial charge in [-0.2, -0.15) is 0 Å². The molecule has 0 aromatic rings. The fourth-order valence-corrected chi connectivity index (χ4v) is 6.82. The molecule has 0 spiro atoms. The maximum absolute atomic E-state index is 13.3. The lowest BCUT2D eigenvalue weighted by Crippen LogP contribution is -2.59. The van der Waals surface area contributed by atoms with Gasteiger partial charge in [-0.05, 0) is 49.9 Å². The molecule has 3 aliphatic carbocycles. The fraction of sp³-hybridized carbons (Fsp3) is 0.792. The minimum atomic E-state index is -3.85. The summed E-state index contributed by atoms with van der Waals surface area (Å²) in [6.45, 7) is 9.77. The lowest BCUT2D eigenvalue weighted by atomic mass is 9.86. The molecule has 1 heterocycles. The molecule has 0 radical (unpaired) electrons. The molecule has 0 aromatic carbocycles. The first-order chi connectivity index (χ1) is 15.8. The van der Waals surface area contributed by atoms with Crippen molar-refractivity contribution in [2.75, 3.05) is 6.54 Å². The third-order valence-corrected chi connectivity index (χ3v) is 10.2. The summed E-state index contributed by atoms with van der Waals surface area (Å²) < 4.78 is 27.6. The number of amides is 3. The van der Waals surface area contributed by atoms with E-state index < -0.39 is 49.6 Å². The number of carbonyl (C=O) groups excluding carboxylic acids is 3. The topological polar surface area (TPSA) is 139 Å². The van der Waals surface area contributed by atoms with Gasteiger partial charge in [-0.3, -0.25) is 19.1 Å². The predicted octanol–water partition coefficient (Wildman–Crippen LogP) is 1.19. The molecule has 1 aliphatic heterocycles. The molecule has 3 saturated carbocycles. The third-order valence-electron chi connectivity index (χ3n) is 8.05. The van der Waals surface area contributed by atoms with E-state index in [2.05, 4.69) is 16.6 Å². The molecule has 4 rings (SSSR count). The van der Waals surface area contributed by atoms with Crippen molar-refractivity contribution in [2.45, 2.75) is 94.5 Å². The number of nitrogens with one attached hydrogen (secondary N) is 2. The smallest absolute Gasteiger partial charge is 0.259 e. The molecule has 4 N–H and O–H groups in total. The number of carbonyl (C=O) groups is 3. The summed E-state index contributed by atoms with van der Waals surface area (Å²) in [7, 11) is -3.85. The molecular weight excluding hydrogens is 456 g/mol. The summed E-state index contributed by atoms with van der Waals surface area (Å²) >= 11 is 0. The van der Waals surface area contributed by atoms with Gasteiger partial charge in [0.25, 0.3) is 5.91 Å². The van der Waals surface area contributed by atoms with Crippen LogP contribution < -0.4 is 15.8 Å². The van der Waals surface area contributed by atoms with E-state index in [4.69, 9.17) is 5.73 Å². The largest absolute Gasteiger partial charge is 0.339 e. The highest BCUT2D eigenvalue weighted by atomic mass is 32.2. The quantitative estimate of drug-likeness (QED) is 0.412. The molecule has 4 fully saturated rings. The van der Waals surface area contributed by atoms with Crippen LogP contribution in [0.15, 0.2) is 12.7 Å². The fourth-order valence-electron chi connectivity index (χ4n) is 5.08. The average molecular weight is 495 g/mol. The van der Waals surface area contributed by atoms with Crippen LogP contribution >= 0.6 is 0 Å². The van der Waals surface area contributed by atoms with E-state index in [-0.39, 0.29) is 18.2 Å².